The summed E-state index contributed by atoms with van der Waals surface area (Å²) in [5, 5.41) is 10.8. The normalized spacial score (nSPS) is 12.2. The summed E-state index contributed by atoms with van der Waals surface area (Å²) in [7, 11) is 0. The minimum Gasteiger partial charge on any atom is -0.363 e. The van der Waals surface area contributed by atoms with Gasteiger partial charge in [-0.25, -0.2) is 0 Å². The van der Waals surface area contributed by atoms with Crippen LogP contribution in [0.1, 0.15) is 36.1 Å². The van der Waals surface area contributed by atoms with Crippen molar-refractivity contribution in [2.45, 2.75) is 25.7 Å². The zero-order valence-corrected chi connectivity index (χ0v) is 15.5. The number of thiophene rings is 1. The van der Waals surface area contributed by atoms with Crippen LogP contribution in [0.25, 0.3) is 10.9 Å². The van der Waals surface area contributed by atoms with Crippen LogP contribution in [0.4, 0.5) is 0 Å². The van der Waals surface area contributed by atoms with Gasteiger partial charge in [-0.3, -0.25) is 0 Å². The molecule has 24 heavy (non-hydrogen) atoms. The summed E-state index contributed by atoms with van der Waals surface area (Å²) in [5.41, 5.74) is 2.50. The number of H-pyrrole nitrogens is 1. The first-order valence-electron chi connectivity index (χ1n) is 8.40. The van der Waals surface area contributed by atoms with E-state index in [0.717, 1.165) is 24.6 Å². The number of aromatic amines is 1. The number of rotatable bonds is 7. The molecule has 3 nitrogen and oxygen atoms in total. The molecule has 1 atom stereocenters. The molecule has 1 aromatic carbocycles. The number of para-hydroxylation sites is 1. The van der Waals surface area contributed by atoms with Crippen LogP contribution in [0, 0.1) is 0 Å². The highest BCUT2D eigenvalue weighted by molar-refractivity contribution is 7.80. The Labute approximate surface area is 152 Å². The maximum absolute atomic E-state index is 5.41. The molecule has 0 aliphatic rings. The fourth-order valence-electron chi connectivity index (χ4n) is 2.87. The molecule has 0 saturated carbocycles. The van der Waals surface area contributed by atoms with E-state index in [1.54, 1.807) is 11.3 Å². The first-order chi connectivity index (χ1) is 11.8. The van der Waals surface area contributed by atoms with Crippen LogP contribution >= 0.6 is 23.6 Å². The van der Waals surface area contributed by atoms with E-state index in [0.29, 0.717) is 0 Å². The molecule has 0 fully saturated rings. The van der Waals surface area contributed by atoms with E-state index in [1.165, 1.54) is 27.8 Å². The molecular formula is C19H23N3S2. The molecule has 0 saturated heterocycles. The van der Waals surface area contributed by atoms with Gasteiger partial charge in [0.15, 0.2) is 5.11 Å². The lowest BCUT2D eigenvalue weighted by molar-refractivity contribution is 0.720. The average Bonchev–Trinajstić information content (AvgIpc) is 3.26. The minimum absolute atomic E-state index is 0.284. The molecule has 3 rings (SSSR count). The topological polar surface area (TPSA) is 39.8 Å². The molecule has 3 N–H and O–H groups in total. The predicted molar refractivity (Wildman–Crippen MR) is 108 cm³/mol. The fourth-order valence-corrected chi connectivity index (χ4v) is 3.90. The van der Waals surface area contributed by atoms with Gasteiger partial charge in [-0.1, -0.05) is 37.6 Å². The van der Waals surface area contributed by atoms with Crippen molar-refractivity contribution in [3.8, 4) is 0 Å². The molecule has 2 aromatic heterocycles. The Bertz CT molecular complexity index is 777. The number of fused-ring (bicyclic) bond motifs is 1. The van der Waals surface area contributed by atoms with Gasteiger partial charge in [-0.2, -0.15) is 0 Å². The standard InChI is InChI=1S/C19H23N3S2/c1-2-3-10-20-19(23)22-13-16(18-9-6-11-24-18)15-12-21-17-8-5-4-7-14(15)17/h4-9,11-12,16,21H,2-3,10,13H2,1H3,(H2,20,22,23)/t16-/m1/s1. The summed E-state index contributed by atoms with van der Waals surface area (Å²) in [4.78, 5) is 4.74. The SMILES string of the molecule is CCCCNC(=S)NC[C@@H](c1cccs1)c1c[nH]c2ccccc12. The first kappa shape index (κ1) is 17.0. The summed E-state index contributed by atoms with van der Waals surface area (Å²) in [6.45, 7) is 3.90. The quantitative estimate of drug-likeness (QED) is 0.427. The van der Waals surface area contributed by atoms with Gasteiger partial charge in [0, 0.05) is 41.0 Å². The fraction of sp³-hybridized carbons (Fsp3) is 0.316. The van der Waals surface area contributed by atoms with Crippen molar-refractivity contribution in [3.63, 3.8) is 0 Å². The van der Waals surface area contributed by atoms with Crippen LogP contribution in [0.3, 0.4) is 0 Å². The summed E-state index contributed by atoms with van der Waals surface area (Å²) in [6.07, 6.45) is 4.44. The van der Waals surface area contributed by atoms with Crippen LogP contribution in [0.15, 0.2) is 48.0 Å². The Balaban J connectivity index is 1.77. The molecule has 0 unspecified atom stereocenters. The third-order valence-electron chi connectivity index (χ3n) is 4.17. The van der Waals surface area contributed by atoms with Crippen molar-refractivity contribution in [2.24, 2.45) is 0 Å². The first-order valence-corrected chi connectivity index (χ1v) is 9.69. The largest absolute Gasteiger partial charge is 0.363 e. The Morgan fingerprint density at radius 1 is 1.21 bits per heavy atom. The highest BCUT2D eigenvalue weighted by Gasteiger charge is 2.19. The second kappa shape index (κ2) is 8.31. The van der Waals surface area contributed by atoms with Crippen molar-refractivity contribution < 1.29 is 0 Å². The molecule has 3 aromatic rings. The molecule has 0 aliphatic heterocycles. The van der Waals surface area contributed by atoms with Crippen LogP contribution in [-0.2, 0) is 0 Å². The zero-order valence-electron chi connectivity index (χ0n) is 13.8. The van der Waals surface area contributed by atoms with E-state index in [-0.39, 0.29) is 5.92 Å². The summed E-state index contributed by atoms with van der Waals surface area (Å²) >= 11 is 7.21. The molecule has 0 spiro atoms. The van der Waals surface area contributed by atoms with E-state index in [1.807, 2.05) is 0 Å². The van der Waals surface area contributed by atoms with Gasteiger partial charge < -0.3 is 15.6 Å². The van der Waals surface area contributed by atoms with Crippen molar-refractivity contribution in [3.05, 3.63) is 58.4 Å². The van der Waals surface area contributed by atoms with Crippen molar-refractivity contribution in [1.82, 2.24) is 15.6 Å². The maximum Gasteiger partial charge on any atom is 0.166 e. The number of thiocarbonyl (C=S) groups is 1. The van der Waals surface area contributed by atoms with E-state index in [4.69, 9.17) is 12.2 Å². The lowest BCUT2D eigenvalue weighted by atomic mass is 9.97. The summed E-state index contributed by atoms with van der Waals surface area (Å²) < 4.78 is 0. The lowest BCUT2D eigenvalue weighted by Gasteiger charge is -2.18. The van der Waals surface area contributed by atoms with Gasteiger partial charge in [0.1, 0.15) is 0 Å². The average molecular weight is 358 g/mol. The highest BCUT2D eigenvalue weighted by atomic mass is 32.1. The van der Waals surface area contributed by atoms with Crippen molar-refractivity contribution >= 4 is 39.6 Å². The summed E-state index contributed by atoms with van der Waals surface area (Å²) in [6, 6.07) is 12.8. The smallest absolute Gasteiger partial charge is 0.166 e. The molecule has 5 heteroatoms. The van der Waals surface area contributed by atoms with E-state index < -0.39 is 0 Å². The van der Waals surface area contributed by atoms with Crippen LogP contribution in [0.5, 0.6) is 0 Å². The van der Waals surface area contributed by atoms with Gasteiger partial charge in [0.25, 0.3) is 0 Å². The molecule has 0 aliphatic carbocycles. The molecule has 126 valence electrons. The van der Waals surface area contributed by atoms with Gasteiger partial charge in [-0.05, 0) is 41.7 Å². The van der Waals surface area contributed by atoms with Crippen LogP contribution in [-0.4, -0.2) is 23.2 Å². The number of hydrogen-bond acceptors (Lipinski definition) is 2. The third kappa shape index (κ3) is 3.97. The maximum atomic E-state index is 5.41. The van der Waals surface area contributed by atoms with Crippen molar-refractivity contribution in [1.29, 1.82) is 0 Å². The Morgan fingerprint density at radius 2 is 2.08 bits per heavy atom. The van der Waals surface area contributed by atoms with Gasteiger partial charge >= 0.3 is 0 Å². The monoisotopic (exact) mass is 357 g/mol. The van der Waals surface area contributed by atoms with Crippen LogP contribution in [0.2, 0.25) is 0 Å². The van der Waals surface area contributed by atoms with E-state index in [9.17, 15) is 0 Å². The predicted octanol–water partition coefficient (Wildman–Crippen LogP) is 4.63. The summed E-state index contributed by atoms with van der Waals surface area (Å²) in [5.74, 6) is 0.284. The second-order valence-electron chi connectivity index (χ2n) is 5.85. The number of benzene rings is 1. The van der Waals surface area contributed by atoms with Crippen molar-refractivity contribution in [2.75, 3.05) is 13.1 Å². The second-order valence-corrected chi connectivity index (χ2v) is 7.24. The number of nitrogens with one attached hydrogen (secondary N) is 3. The number of aromatic nitrogens is 1. The van der Waals surface area contributed by atoms with Crippen LogP contribution < -0.4 is 10.6 Å². The molecule has 2 heterocycles. The lowest BCUT2D eigenvalue weighted by Crippen LogP contribution is -2.38. The van der Waals surface area contributed by atoms with Gasteiger partial charge in [0.2, 0.25) is 0 Å². The third-order valence-corrected chi connectivity index (χ3v) is 5.44. The molecular weight excluding hydrogens is 334 g/mol. The molecule has 0 bridgehead atoms. The number of unbranched alkanes of at least 4 members (excludes halogenated alkanes) is 1. The Kier molecular flexibility index (Phi) is 5.88. The molecule has 0 amide bonds. The Hall–Kier alpha value is -1.85. The molecule has 0 radical (unpaired) electrons. The van der Waals surface area contributed by atoms with Gasteiger partial charge in [0.05, 0.1) is 0 Å². The van der Waals surface area contributed by atoms with E-state index >= 15 is 0 Å². The highest BCUT2D eigenvalue weighted by Crippen LogP contribution is 2.32. The van der Waals surface area contributed by atoms with E-state index in [2.05, 4.69) is 70.5 Å². The minimum atomic E-state index is 0.284. The van der Waals surface area contributed by atoms with Gasteiger partial charge in [-0.15, -0.1) is 11.3 Å². The Morgan fingerprint density at radius 3 is 2.88 bits per heavy atom. The zero-order chi connectivity index (χ0) is 16.8. The number of hydrogen-bond donors (Lipinski definition) is 3.